The molecule has 0 aliphatic heterocycles. The smallest absolute Gasteiger partial charge is 0.267 e. The van der Waals surface area contributed by atoms with E-state index in [0.717, 1.165) is 25.2 Å². The van der Waals surface area contributed by atoms with E-state index in [-0.39, 0.29) is 11.8 Å². The van der Waals surface area contributed by atoms with Crippen molar-refractivity contribution in [3.63, 3.8) is 0 Å². The lowest BCUT2D eigenvalue weighted by molar-refractivity contribution is -0.130. The summed E-state index contributed by atoms with van der Waals surface area (Å²) in [6.07, 6.45) is 3.75. The van der Waals surface area contributed by atoms with Gasteiger partial charge in [0.15, 0.2) is 5.13 Å². The first kappa shape index (κ1) is 17.1. The first-order chi connectivity index (χ1) is 11.7. The quantitative estimate of drug-likeness (QED) is 0.779. The molecular weight excluding hydrogens is 342 g/mol. The summed E-state index contributed by atoms with van der Waals surface area (Å²) in [4.78, 5) is 31.5. The van der Waals surface area contributed by atoms with Gasteiger partial charge < -0.3 is 4.90 Å². The number of carbonyl (C=O) groups is 2. The monoisotopic (exact) mass is 363 g/mol. The Balaban J connectivity index is 1.56. The Hall–Kier alpha value is -1.73. The van der Waals surface area contributed by atoms with Crippen molar-refractivity contribution in [2.75, 3.05) is 18.4 Å². The highest BCUT2D eigenvalue weighted by Crippen LogP contribution is 2.30. The Kier molecular flexibility index (Phi) is 5.63. The van der Waals surface area contributed by atoms with Crippen LogP contribution < -0.4 is 5.32 Å². The van der Waals surface area contributed by atoms with Gasteiger partial charge in [-0.15, -0.1) is 22.7 Å². The summed E-state index contributed by atoms with van der Waals surface area (Å²) in [5.41, 5.74) is 0.725. The molecule has 0 aromatic carbocycles. The molecule has 2 amide bonds. The normalized spacial score (nSPS) is 13.7. The molecule has 7 heteroatoms. The van der Waals surface area contributed by atoms with Crippen LogP contribution in [0.2, 0.25) is 0 Å². The molecule has 0 unspecified atom stereocenters. The Bertz CT molecular complexity index is 693. The maximum absolute atomic E-state index is 12.5. The number of rotatable bonds is 8. The van der Waals surface area contributed by atoms with Gasteiger partial charge in [-0.1, -0.05) is 13.0 Å². The van der Waals surface area contributed by atoms with Crippen molar-refractivity contribution in [3.05, 3.63) is 33.5 Å². The zero-order valence-electron chi connectivity index (χ0n) is 13.7. The molecule has 1 saturated carbocycles. The Morgan fingerprint density at radius 2 is 2.21 bits per heavy atom. The molecule has 0 radical (unpaired) electrons. The van der Waals surface area contributed by atoms with Crippen LogP contribution in [-0.4, -0.2) is 34.8 Å². The molecule has 2 aromatic heterocycles. The molecule has 0 saturated heterocycles. The topological polar surface area (TPSA) is 62.3 Å². The van der Waals surface area contributed by atoms with E-state index in [1.165, 1.54) is 35.5 Å². The number of nitrogens with zero attached hydrogens (tertiary/aromatic N) is 2. The molecule has 3 rings (SSSR count). The van der Waals surface area contributed by atoms with Gasteiger partial charge in [0.2, 0.25) is 5.91 Å². The molecular formula is C17H21N3O2S2. The number of carbonyl (C=O) groups excluding carboxylic acids is 2. The highest BCUT2D eigenvalue weighted by atomic mass is 32.1. The second-order valence-corrected chi connectivity index (χ2v) is 7.84. The predicted octanol–water partition coefficient (Wildman–Crippen LogP) is 3.65. The van der Waals surface area contributed by atoms with Gasteiger partial charge in [-0.2, -0.15) is 0 Å². The Morgan fingerprint density at radius 1 is 1.38 bits per heavy atom. The summed E-state index contributed by atoms with van der Waals surface area (Å²) in [6, 6.07) is 3.62. The number of aromatic nitrogens is 1. The number of thiazole rings is 1. The van der Waals surface area contributed by atoms with Crippen molar-refractivity contribution in [1.82, 2.24) is 9.88 Å². The van der Waals surface area contributed by atoms with Crippen molar-refractivity contribution in [2.24, 2.45) is 5.92 Å². The van der Waals surface area contributed by atoms with Gasteiger partial charge in [-0.3, -0.25) is 14.9 Å². The molecule has 1 fully saturated rings. The van der Waals surface area contributed by atoms with Crippen LogP contribution in [0, 0.1) is 5.92 Å². The van der Waals surface area contributed by atoms with Crippen LogP contribution in [0.1, 0.15) is 41.6 Å². The van der Waals surface area contributed by atoms with Gasteiger partial charge in [-0.05, 0) is 36.6 Å². The van der Waals surface area contributed by atoms with Crippen molar-refractivity contribution < 1.29 is 9.59 Å². The van der Waals surface area contributed by atoms with E-state index < -0.39 is 0 Å². The van der Waals surface area contributed by atoms with Crippen LogP contribution in [0.5, 0.6) is 0 Å². The lowest BCUT2D eigenvalue weighted by Gasteiger charge is -2.21. The summed E-state index contributed by atoms with van der Waals surface area (Å²) in [7, 11) is 0. The largest absolute Gasteiger partial charge is 0.342 e. The van der Waals surface area contributed by atoms with Crippen LogP contribution in [0.15, 0.2) is 22.9 Å². The van der Waals surface area contributed by atoms with Gasteiger partial charge in [0.25, 0.3) is 5.91 Å². The summed E-state index contributed by atoms with van der Waals surface area (Å²) >= 11 is 2.75. The fourth-order valence-electron chi connectivity index (χ4n) is 2.48. The van der Waals surface area contributed by atoms with Crippen LogP contribution in [-0.2, 0) is 11.2 Å². The highest BCUT2D eigenvalue weighted by Gasteiger charge is 2.26. The van der Waals surface area contributed by atoms with Gasteiger partial charge in [0.05, 0.1) is 17.0 Å². The second-order valence-electron chi connectivity index (χ2n) is 6.04. The lowest BCUT2D eigenvalue weighted by atomic mass is 10.2. The standard InChI is InChI=1S/C17H21N3O2S2/c1-2-7-20(10-12-5-6-12)15(21)9-13-11-24-17(18-13)19-16(22)14-4-3-8-23-14/h3-4,8,11-12H,2,5-7,9-10H2,1H3,(H,18,19,22). The van der Waals surface area contributed by atoms with Crippen molar-refractivity contribution in [3.8, 4) is 0 Å². The van der Waals surface area contributed by atoms with Crippen molar-refractivity contribution in [2.45, 2.75) is 32.6 Å². The maximum atomic E-state index is 12.5. The van der Waals surface area contributed by atoms with Crippen molar-refractivity contribution in [1.29, 1.82) is 0 Å². The van der Waals surface area contributed by atoms with E-state index >= 15 is 0 Å². The number of nitrogens with one attached hydrogen (secondary N) is 1. The SMILES string of the molecule is CCCN(CC1CC1)C(=O)Cc1csc(NC(=O)c2cccs2)n1. The minimum absolute atomic E-state index is 0.130. The zero-order chi connectivity index (χ0) is 16.9. The summed E-state index contributed by atoms with van der Waals surface area (Å²) in [5.74, 6) is 0.667. The molecule has 5 nitrogen and oxygen atoms in total. The van der Waals surface area contributed by atoms with Crippen LogP contribution >= 0.6 is 22.7 Å². The summed E-state index contributed by atoms with van der Waals surface area (Å²) in [5, 5.41) is 7.05. The Labute approximate surface area is 149 Å². The Morgan fingerprint density at radius 3 is 2.88 bits per heavy atom. The second kappa shape index (κ2) is 7.90. The van der Waals surface area contributed by atoms with Gasteiger partial charge in [0.1, 0.15) is 0 Å². The highest BCUT2D eigenvalue weighted by molar-refractivity contribution is 7.14. The summed E-state index contributed by atoms with van der Waals surface area (Å²) in [6.45, 7) is 3.77. The molecule has 2 heterocycles. The van der Waals surface area contributed by atoms with E-state index in [1.54, 1.807) is 6.07 Å². The molecule has 0 spiro atoms. The molecule has 1 N–H and O–H groups in total. The molecule has 1 aliphatic rings. The fraction of sp³-hybridized carbons (Fsp3) is 0.471. The predicted molar refractivity (Wildman–Crippen MR) is 97.7 cm³/mol. The summed E-state index contributed by atoms with van der Waals surface area (Å²) < 4.78 is 0. The van der Waals surface area contributed by atoms with E-state index in [2.05, 4.69) is 17.2 Å². The number of hydrogen-bond acceptors (Lipinski definition) is 5. The third-order valence-corrected chi connectivity index (χ3v) is 5.55. The third kappa shape index (κ3) is 4.64. The zero-order valence-corrected chi connectivity index (χ0v) is 15.3. The molecule has 24 heavy (non-hydrogen) atoms. The average molecular weight is 364 g/mol. The van der Waals surface area contributed by atoms with Crippen LogP contribution in [0.25, 0.3) is 0 Å². The molecule has 0 bridgehead atoms. The molecule has 0 atom stereocenters. The number of amides is 2. The van der Waals surface area contributed by atoms with Crippen LogP contribution in [0.3, 0.4) is 0 Å². The maximum Gasteiger partial charge on any atom is 0.267 e. The first-order valence-corrected chi connectivity index (χ1v) is 9.98. The lowest BCUT2D eigenvalue weighted by Crippen LogP contribution is -2.34. The first-order valence-electron chi connectivity index (χ1n) is 8.22. The van der Waals surface area contributed by atoms with E-state index in [0.29, 0.717) is 22.3 Å². The van der Waals surface area contributed by atoms with E-state index in [1.807, 2.05) is 21.7 Å². The minimum Gasteiger partial charge on any atom is -0.342 e. The minimum atomic E-state index is -0.154. The molecule has 2 aromatic rings. The fourth-order valence-corrected chi connectivity index (χ4v) is 3.80. The third-order valence-electron chi connectivity index (χ3n) is 3.87. The number of thiophene rings is 1. The number of anilines is 1. The molecule has 128 valence electrons. The van der Waals surface area contributed by atoms with Crippen LogP contribution in [0.4, 0.5) is 5.13 Å². The van der Waals surface area contributed by atoms with Crippen molar-refractivity contribution >= 4 is 39.6 Å². The molecule has 1 aliphatic carbocycles. The van der Waals surface area contributed by atoms with Gasteiger partial charge in [-0.25, -0.2) is 4.98 Å². The van der Waals surface area contributed by atoms with Gasteiger partial charge >= 0.3 is 0 Å². The number of hydrogen-bond donors (Lipinski definition) is 1. The average Bonchev–Trinajstić information content (AvgIpc) is 3.02. The van der Waals surface area contributed by atoms with E-state index in [4.69, 9.17) is 0 Å². The van der Waals surface area contributed by atoms with Gasteiger partial charge in [0, 0.05) is 18.5 Å². The van der Waals surface area contributed by atoms with E-state index in [9.17, 15) is 9.59 Å².